The molecule has 0 unspecified atom stereocenters. The molecule has 1 aliphatic carbocycles. The van der Waals surface area contributed by atoms with Crippen LogP contribution < -0.4 is 10.6 Å². The lowest BCUT2D eigenvalue weighted by Gasteiger charge is -2.29. The minimum atomic E-state index is -0.296. The van der Waals surface area contributed by atoms with Gasteiger partial charge in [0, 0.05) is 28.5 Å². The summed E-state index contributed by atoms with van der Waals surface area (Å²) >= 11 is 1.71. The van der Waals surface area contributed by atoms with Crippen molar-refractivity contribution in [2.75, 3.05) is 10.6 Å². The quantitative estimate of drug-likeness (QED) is 0.548. The molecule has 3 N–H and O–H groups in total. The van der Waals surface area contributed by atoms with Gasteiger partial charge in [0.05, 0.1) is 17.4 Å². The number of hydrogen-bond acceptors (Lipinski definition) is 5. The van der Waals surface area contributed by atoms with E-state index in [2.05, 4.69) is 22.1 Å². The van der Waals surface area contributed by atoms with E-state index in [0.717, 1.165) is 34.6 Å². The smallest absolute Gasteiger partial charge is 0.163 e. The number of thiophene rings is 1. The maximum atomic E-state index is 13.3. The van der Waals surface area contributed by atoms with Gasteiger partial charge in [0.25, 0.3) is 0 Å². The fourth-order valence-electron chi connectivity index (χ4n) is 4.17. The van der Waals surface area contributed by atoms with E-state index >= 15 is 0 Å². The number of anilines is 2. The predicted octanol–water partition coefficient (Wildman–Crippen LogP) is 5.43. The molecule has 2 aromatic carbocycles. The molecule has 140 valence electrons. The molecule has 2 atom stereocenters. The van der Waals surface area contributed by atoms with E-state index in [0.29, 0.717) is 6.42 Å². The van der Waals surface area contributed by atoms with Crippen LogP contribution in [0.2, 0.25) is 0 Å². The van der Waals surface area contributed by atoms with Crippen molar-refractivity contribution >= 4 is 28.5 Å². The van der Waals surface area contributed by atoms with Gasteiger partial charge in [0.2, 0.25) is 0 Å². The zero-order valence-corrected chi connectivity index (χ0v) is 16.0. The Balaban J connectivity index is 1.64. The van der Waals surface area contributed by atoms with E-state index in [4.69, 9.17) is 0 Å². The first-order valence-electron chi connectivity index (χ1n) is 9.40. The van der Waals surface area contributed by atoms with Gasteiger partial charge in [-0.1, -0.05) is 30.3 Å². The number of nitrogens with one attached hydrogen (secondary N) is 2. The van der Waals surface area contributed by atoms with Crippen LogP contribution in [-0.2, 0) is 4.79 Å². The molecule has 5 heteroatoms. The summed E-state index contributed by atoms with van der Waals surface area (Å²) in [7, 11) is 0. The summed E-state index contributed by atoms with van der Waals surface area (Å²) in [5, 5.41) is 19.1. The number of phenolic OH excluding ortho intramolecular Hbond substituents is 1. The van der Waals surface area contributed by atoms with Crippen LogP contribution in [0.3, 0.4) is 0 Å². The Hall–Kier alpha value is -3.05. The summed E-state index contributed by atoms with van der Waals surface area (Å²) in [4.78, 5) is 14.6. The minimum Gasteiger partial charge on any atom is -0.508 e. The zero-order valence-electron chi connectivity index (χ0n) is 15.2. The number of rotatable bonds is 2. The summed E-state index contributed by atoms with van der Waals surface area (Å²) in [5.41, 5.74) is 4.55. The maximum Gasteiger partial charge on any atom is 0.163 e. The Morgan fingerprint density at radius 1 is 0.964 bits per heavy atom. The number of Topliss-reactive ketones (excluding diaryl/α,β-unsaturated/α-hetero) is 1. The lowest BCUT2D eigenvalue weighted by molar-refractivity contribution is -0.116. The van der Waals surface area contributed by atoms with Gasteiger partial charge in [-0.2, -0.15) is 0 Å². The van der Waals surface area contributed by atoms with Crippen molar-refractivity contribution in [2.24, 2.45) is 0 Å². The number of ketones is 1. The van der Waals surface area contributed by atoms with E-state index in [9.17, 15) is 9.90 Å². The first kappa shape index (κ1) is 17.1. The summed E-state index contributed by atoms with van der Waals surface area (Å²) < 4.78 is 0. The molecule has 1 aliphatic heterocycles. The highest BCUT2D eigenvalue weighted by atomic mass is 32.1. The van der Waals surface area contributed by atoms with Gasteiger partial charge < -0.3 is 15.7 Å². The van der Waals surface area contributed by atoms with Crippen molar-refractivity contribution in [1.82, 2.24) is 0 Å². The number of carbonyl (C=O) groups excluding carboxylic acids is 1. The molecule has 1 aromatic heterocycles. The van der Waals surface area contributed by atoms with Crippen molar-refractivity contribution in [3.05, 3.63) is 87.8 Å². The van der Waals surface area contributed by atoms with Gasteiger partial charge in [-0.3, -0.25) is 4.79 Å². The van der Waals surface area contributed by atoms with Crippen molar-refractivity contribution in [3.8, 4) is 5.75 Å². The van der Waals surface area contributed by atoms with E-state index in [1.54, 1.807) is 23.5 Å². The van der Waals surface area contributed by atoms with E-state index < -0.39 is 0 Å². The first-order chi connectivity index (χ1) is 13.7. The summed E-state index contributed by atoms with van der Waals surface area (Å²) in [5.74, 6) is 0.557. The summed E-state index contributed by atoms with van der Waals surface area (Å²) in [6.45, 7) is 0. The van der Waals surface area contributed by atoms with Gasteiger partial charge in [0.15, 0.2) is 5.78 Å². The van der Waals surface area contributed by atoms with Crippen molar-refractivity contribution < 1.29 is 9.90 Å². The molecule has 4 nitrogen and oxygen atoms in total. The monoisotopic (exact) mass is 388 g/mol. The molecule has 3 aromatic rings. The minimum absolute atomic E-state index is 0.154. The number of phenols is 1. The molecule has 0 amide bonds. The Kier molecular flexibility index (Phi) is 4.17. The third kappa shape index (κ3) is 2.98. The Bertz CT molecular complexity index is 1070. The molecule has 0 bridgehead atoms. The van der Waals surface area contributed by atoms with Crippen LogP contribution in [0.25, 0.3) is 0 Å². The third-order valence-electron chi connectivity index (χ3n) is 5.46. The van der Waals surface area contributed by atoms with Gasteiger partial charge >= 0.3 is 0 Å². The highest BCUT2D eigenvalue weighted by Crippen LogP contribution is 2.45. The molecule has 0 saturated heterocycles. The Morgan fingerprint density at radius 3 is 2.61 bits per heavy atom. The summed E-state index contributed by atoms with van der Waals surface area (Å²) in [6, 6.07) is 19.0. The van der Waals surface area contributed by atoms with Crippen LogP contribution in [0.4, 0.5) is 11.4 Å². The molecule has 0 saturated carbocycles. The van der Waals surface area contributed by atoms with E-state index in [1.165, 1.54) is 4.88 Å². The molecule has 28 heavy (non-hydrogen) atoms. The second-order valence-electron chi connectivity index (χ2n) is 7.28. The first-order valence-corrected chi connectivity index (χ1v) is 10.3. The highest BCUT2D eigenvalue weighted by molar-refractivity contribution is 7.10. The fraction of sp³-hybridized carbons (Fsp3) is 0.174. The number of benzene rings is 2. The average Bonchev–Trinajstić information content (AvgIpc) is 3.17. The van der Waals surface area contributed by atoms with Crippen molar-refractivity contribution in [2.45, 2.75) is 24.8 Å². The number of hydrogen-bond donors (Lipinski definition) is 3. The molecule has 0 fully saturated rings. The van der Waals surface area contributed by atoms with Gasteiger partial charge in [0.1, 0.15) is 5.75 Å². The van der Waals surface area contributed by atoms with E-state index in [1.807, 2.05) is 42.5 Å². The predicted molar refractivity (Wildman–Crippen MR) is 113 cm³/mol. The van der Waals surface area contributed by atoms with Crippen LogP contribution in [-0.4, -0.2) is 10.9 Å². The van der Waals surface area contributed by atoms with Gasteiger partial charge in [-0.25, -0.2) is 0 Å². The van der Waals surface area contributed by atoms with Crippen LogP contribution >= 0.6 is 11.3 Å². The number of allylic oxidation sites excluding steroid dienone is 1. The number of carbonyl (C=O) groups is 1. The lowest BCUT2D eigenvalue weighted by Crippen LogP contribution is -2.26. The zero-order chi connectivity index (χ0) is 19.1. The van der Waals surface area contributed by atoms with Crippen molar-refractivity contribution in [3.63, 3.8) is 0 Å². The van der Waals surface area contributed by atoms with Gasteiger partial charge in [-0.05, 0) is 47.7 Å². The molecule has 2 aliphatic rings. The van der Waals surface area contributed by atoms with Crippen LogP contribution in [0.15, 0.2) is 77.3 Å². The average molecular weight is 388 g/mol. The largest absolute Gasteiger partial charge is 0.508 e. The van der Waals surface area contributed by atoms with Gasteiger partial charge in [-0.15, -0.1) is 11.3 Å². The summed E-state index contributed by atoms with van der Waals surface area (Å²) in [6.07, 6.45) is 1.31. The molecule has 0 radical (unpaired) electrons. The SMILES string of the molecule is O=C1C[C@H](c2cccs2)CC2=C1[C@@H](c1cccc(O)c1)Nc1ccccc1N2. The normalized spacial score (nSPS) is 21.2. The highest BCUT2D eigenvalue weighted by Gasteiger charge is 2.36. The number of aromatic hydroxyl groups is 1. The van der Waals surface area contributed by atoms with Crippen LogP contribution in [0.5, 0.6) is 5.75 Å². The second kappa shape index (κ2) is 6.84. The molecule has 0 spiro atoms. The van der Waals surface area contributed by atoms with Crippen LogP contribution in [0, 0.1) is 0 Å². The third-order valence-corrected chi connectivity index (χ3v) is 6.49. The van der Waals surface area contributed by atoms with Crippen molar-refractivity contribution in [1.29, 1.82) is 0 Å². The van der Waals surface area contributed by atoms with Crippen LogP contribution in [0.1, 0.15) is 35.2 Å². The molecule has 5 rings (SSSR count). The Morgan fingerprint density at radius 2 is 1.82 bits per heavy atom. The number of fused-ring (bicyclic) bond motifs is 1. The standard InChI is InChI=1S/C23H20N2O2S/c26-16-6-3-5-14(11-16)23-22-19(24-17-7-1-2-8-18(17)25-23)12-15(13-20(22)27)21-9-4-10-28-21/h1-11,15,23-26H,12-13H2/t15-,23-/m1/s1. The Labute approximate surface area is 167 Å². The maximum absolute atomic E-state index is 13.3. The number of para-hydroxylation sites is 2. The topological polar surface area (TPSA) is 61.4 Å². The fourth-order valence-corrected chi connectivity index (χ4v) is 5.00. The van der Waals surface area contributed by atoms with E-state index in [-0.39, 0.29) is 23.5 Å². The molecule has 2 heterocycles. The second-order valence-corrected chi connectivity index (χ2v) is 8.26. The lowest BCUT2D eigenvalue weighted by atomic mass is 9.81. The molecular weight excluding hydrogens is 368 g/mol. The molecular formula is C23H20N2O2S.